The van der Waals surface area contributed by atoms with Gasteiger partial charge in [0, 0.05) is 0 Å². The fourth-order valence-corrected chi connectivity index (χ4v) is 1.05. The van der Waals surface area contributed by atoms with Crippen molar-refractivity contribution in [1.82, 2.24) is 0 Å². The predicted octanol–water partition coefficient (Wildman–Crippen LogP) is 4.95. The van der Waals surface area contributed by atoms with E-state index in [-0.39, 0.29) is 17.8 Å². The first-order valence-corrected chi connectivity index (χ1v) is 7.90. The van der Waals surface area contributed by atoms with Crippen LogP contribution in [0.15, 0.2) is 43.0 Å². The fourth-order valence-electron chi connectivity index (χ4n) is 1.05. The highest BCUT2D eigenvalue weighted by molar-refractivity contribution is 5.74. The van der Waals surface area contributed by atoms with E-state index in [4.69, 9.17) is 9.84 Å². The molecule has 0 heterocycles. The molecular weight excluding hydrogens is 292 g/mol. The zero-order chi connectivity index (χ0) is 18.3. The van der Waals surface area contributed by atoms with Crippen molar-refractivity contribution in [1.29, 1.82) is 0 Å². The van der Waals surface area contributed by atoms with Crippen molar-refractivity contribution in [3.8, 4) is 5.75 Å². The number of carbonyl (C=O) groups is 2. The maximum atomic E-state index is 11.3. The Balaban J connectivity index is 0. The summed E-state index contributed by atoms with van der Waals surface area (Å²) < 4.78 is 5.13. The number of rotatable bonds is 5. The van der Waals surface area contributed by atoms with E-state index in [1.54, 1.807) is 25.1 Å². The summed E-state index contributed by atoms with van der Waals surface area (Å²) in [4.78, 5) is 21.3. The van der Waals surface area contributed by atoms with Gasteiger partial charge in [-0.25, -0.2) is 0 Å². The lowest BCUT2D eigenvalue weighted by molar-refractivity contribution is -0.141. The van der Waals surface area contributed by atoms with Gasteiger partial charge in [-0.3, -0.25) is 9.59 Å². The van der Waals surface area contributed by atoms with Crippen LogP contribution in [0.4, 0.5) is 0 Å². The summed E-state index contributed by atoms with van der Waals surface area (Å²) in [6.45, 7) is 12.6. The van der Waals surface area contributed by atoms with Crippen LogP contribution in [0.25, 0.3) is 0 Å². The molecule has 130 valence electrons. The third-order valence-electron chi connectivity index (χ3n) is 3.01. The molecule has 0 spiro atoms. The lowest BCUT2D eigenvalue weighted by Crippen LogP contribution is -2.16. The molecule has 2 atom stereocenters. The van der Waals surface area contributed by atoms with Crippen LogP contribution in [0.1, 0.15) is 47.5 Å². The molecule has 1 rings (SSSR count). The standard InChI is InChI=1S/C11H14O2.C5H10O2.C3H6/c1-3-9(2)11(12)13-10-7-5-4-6-8-10;1-3-4(2)5(6)7;1-3-2/h4-9H,3H2,1-2H3;4H,3H2,1-2H3,(H,6,7);3H,1H2,2H3. The van der Waals surface area contributed by atoms with Crippen LogP contribution in [-0.4, -0.2) is 17.0 Å². The Morgan fingerprint density at radius 1 is 1.13 bits per heavy atom. The minimum atomic E-state index is -0.706. The smallest absolute Gasteiger partial charge is 0.314 e. The summed E-state index contributed by atoms with van der Waals surface area (Å²) in [6.07, 6.45) is 3.28. The van der Waals surface area contributed by atoms with E-state index in [9.17, 15) is 9.59 Å². The van der Waals surface area contributed by atoms with E-state index in [1.165, 1.54) is 0 Å². The number of hydrogen-bond donors (Lipinski definition) is 1. The van der Waals surface area contributed by atoms with Crippen LogP contribution >= 0.6 is 0 Å². The van der Waals surface area contributed by atoms with Gasteiger partial charge in [-0.05, 0) is 31.9 Å². The number of para-hydroxylation sites is 1. The van der Waals surface area contributed by atoms with E-state index in [2.05, 4.69) is 6.58 Å². The Kier molecular flexibility index (Phi) is 14.9. The van der Waals surface area contributed by atoms with Crippen molar-refractivity contribution in [2.24, 2.45) is 11.8 Å². The average Bonchev–Trinajstić information content (AvgIpc) is 2.55. The van der Waals surface area contributed by atoms with Gasteiger partial charge in [-0.2, -0.15) is 0 Å². The first kappa shape index (κ1) is 23.2. The molecule has 23 heavy (non-hydrogen) atoms. The number of esters is 1. The second-order valence-electron chi connectivity index (χ2n) is 5.10. The molecule has 0 aliphatic carbocycles. The number of allylic oxidation sites excluding steroid dienone is 1. The van der Waals surface area contributed by atoms with E-state index < -0.39 is 5.97 Å². The molecule has 1 aromatic rings. The Labute approximate surface area is 140 Å². The molecule has 4 nitrogen and oxygen atoms in total. The van der Waals surface area contributed by atoms with Gasteiger partial charge in [0.1, 0.15) is 5.75 Å². The Morgan fingerprint density at radius 2 is 1.57 bits per heavy atom. The highest BCUT2D eigenvalue weighted by Crippen LogP contribution is 2.12. The highest BCUT2D eigenvalue weighted by Gasteiger charge is 2.12. The Hall–Kier alpha value is -2.10. The summed E-state index contributed by atoms with van der Waals surface area (Å²) >= 11 is 0. The third-order valence-corrected chi connectivity index (χ3v) is 3.01. The van der Waals surface area contributed by atoms with Gasteiger partial charge in [0.2, 0.25) is 0 Å². The first-order valence-electron chi connectivity index (χ1n) is 7.90. The zero-order valence-corrected chi connectivity index (χ0v) is 14.9. The van der Waals surface area contributed by atoms with Gasteiger partial charge in [0.05, 0.1) is 11.8 Å². The largest absolute Gasteiger partial charge is 0.481 e. The van der Waals surface area contributed by atoms with Gasteiger partial charge in [-0.1, -0.05) is 52.0 Å². The summed E-state index contributed by atoms with van der Waals surface area (Å²) in [5.41, 5.74) is 0. The molecule has 2 unspecified atom stereocenters. The normalized spacial score (nSPS) is 11.5. The van der Waals surface area contributed by atoms with Crippen molar-refractivity contribution in [2.45, 2.75) is 47.5 Å². The Bertz CT molecular complexity index is 440. The second-order valence-corrected chi connectivity index (χ2v) is 5.10. The van der Waals surface area contributed by atoms with Crippen LogP contribution in [0, 0.1) is 11.8 Å². The van der Waals surface area contributed by atoms with Crippen LogP contribution in [-0.2, 0) is 9.59 Å². The summed E-state index contributed by atoms with van der Waals surface area (Å²) in [7, 11) is 0. The van der Waals surface area contributed by atoms with Crippen LogP contribution in [0.3, 0.4) is 0 Å². The molecule has 4 heteroatoms. The molecule has 0 saturated heterocycles. The number of carbonyl (C=O) groups excluding carboxylic acids is 1. The molecular formula is C19H30O4. The monoisotopic (exact) mass is 322 g/mol. The summed E-state index contributed by atoms with van der Waals surface area (Å²) in [5.74, 6) is -0.454. The van der Waals surface area contributed by atoms with Crippen molar-refractivity contribution in [2.75, 3.05) is 0 Å². The van der Waals surface area contributed by atoms with E-state index in [1.807, 2.05) is 45.9 Å². The van der Waals surface area contributed by atoms with Gasteiger partial charge in [0.15, 0.2) is 0 Å². The maximum Gasteiger partial charge on any atom is 0.314 e. The summed E-state index contributed by atoms with van der Waals surface area (Å²) in [5, 5.41) is 8.18. The average molecular weight is 322 g/mol. The van der Waals surface area contributed by atoms with Crippen molar-refractivity contribution < 1.29 is 19.4 Å². The second kappa shape index (κ2) is 14.8. The lowest BCUT2D eigenvalue weighted by atomic mass is 10.1. The van der Waals surface area contributed by atoms with Crippen LogP contribution < -0.4 is 4.74 Å². The van der Waals surface area contributed by atoms with E-state index in [0.717, 1.165) is 12.8 Å². The number of hydrogen-bond acceptors (Lipinski definition) is 3. The minimum absolute atomic E-state index is 0.0276. The Morgan fingerprint density at radius 3 is 1.87 bits per heavy atom. The maximum absolute atomic E-state index is 11.3. The topological polar surface area (TPSA) is 63.6 Å². The van der Waals surface area contributed by atoms with Gasteiger partial charge < -0.3 is 9.84 Å². The molecule has 0 aliphatic heterocycles. The molecule has 0 amide bonds. The number of ether oxygens (including phenoxy) is 1. The fraction of sp³-hybridized carbons (Fsp3) is 0.474. The van der Waals surface area contributed by atoms with Crippen LogP contribution in [0.2, 0.25) is 0 Å². The summed E-state index contributed by atoms with van der Waals surface area (Å²) in [6, 6.07) is 9.14. The first-order chi connectivity index (χ1) is 10.8. The van der Waals surface area contributed by atoms with E-state index in [0.29, 0.717) is 5.75 Å². The van der Waals surface area contributed by atoms with Crippen LogP contribution in [0.5, 0.6) is 5.75 Å². The quantitative estimate of drug-likeness (QED) is 0.473. The third kappa shape index (κ3) is 13.3. The predicted molar refractivity (Wildman–Crippen MR) is 94.5 cm³/mol. The molecule has 1 N–H and O–H groups in total. The highest BCUT2D eigenvalue weighted by atomic mass is 16.5. The SMILES string of the molecule is C=CC.CCC(C)C(=O)O.CCC(C)C(=O)Oc1ccccc1. The number of aliphatic carboxylic acids is 1. The zero-order valence-electron chi connectivity index (χ0n) is 14.9. The number of carboxylic acids is 1. The number of benzene rings is 1. The molecule has 1 aromatic carbocycles. The van der Waals surface area contributed by atoms with Gasteiger partial charge in [0.25, 0.3) is 0 Å². The van der Waals surface area contributed by atoms with Crippen molar-refractivity contribution >= 4 is 11.9 Å². The minimum Gasteiger partial charge on any atom is -0.481 e. The molecule has 0 bridgehead atoms. The van der Waals surface area contributed by atoms with E-state index >= 15 is 0 Å². The van der Waals surface area contributed by atoms with Gasteiger partial charge in [-0.15, -0.1) is 6.58 Å². The molecule has 0 aliphatic rings. The van der Waals surface area contributed by atoms with Gasteiger partial charge >= 0.3 is 11.9 Å². The van der Waals surface area contributed by atoms with Crippen molar-refractivity contribution in [3.05, 3.63) is 43.0 Å². The lowest BCUT2D eigenvalue weighted by Gasteiger charge is -2.07. The number of carboxylic acid groups (broad SMARTS) is 1. The molecule has 0 saturated carbocycles. The molecule has 0 fully saturated rings. The molecule has 0 aromatic heterocycles. The van der Waals surface area contributed by atoms with Crippen molar-refractivity contribution in [3.63, 3.8) is 0 Å². The molecule has 0 radical (unpaired) electrons.